The van der Waals surface area contributed by atoms with E-state index in [1.54, 1.807) is 0 Å². The van der Waals surface area contributed by atoms with Gasteiger partial charge in [-0.2, -0.15) is 0 Å². The first-order valence-electron chi connectivity index (χ1n) is 6.39. The summed E-state index contributed by atoms with van der Waals surface area (Å²) in [7, 11) is 0. The summed E-state index contributed by atoms with van der Waals surface area (Å²) < 4.78 is 0. The summed E-state index contributed by atoms with van der Waals surface area (Å²) in [5.74, 6) is 0. The van der Waals surface area contributed by atoms with Crippen LogP contribution in [0.1, 0.15) is 19.0 Å². The van der Waals surface area contributed by atoms with Gasteiger partial charge < -0.3 is 15.6 Å². The van der Waals surface area contributed by atoms with E-state index in [1.807, 2.05) is 0 Å². The summed E-state index contributed by atoms with van der Waals surface area (Å²) in [5, 5.41) is 1.33. The number of rotatable bonds is 2. The van der Waals surface area contributed by atoms with Gasteiger partial charge in [0.2, 0.25) is 0 Å². The van der Waals surface area contributed by atoms with Gasteiger partial charge in [-0.1, -0.05) is 13.0 Å². The van der Waals surface area contributed by atoms with Crippen molar-refractivity contribution in [3.05, 3.63) is 30.0 Å². The Morgan fingerprint density at radius 3 is 3.06 bits per heavy atom. The molecule has 3 heteroatoms. The molecule has 1 aliphatic heterocycles. The molecule has 0 radical (unpaired) electrons. The Balaban J connectivity index is 2.06. The van der Waals surface area contributed by atoms with E-state index in [4.69, 9.17) is 5.73 Å². The van der Waals surface area contributed by atoms with Crippen molar-refractivity contribution in [2.45, 2.75) is 25.8 Å². The normalized spacial score (nSPS) is 20.4. The van der Waals surface area contributed by atoms with E-state index >= 15 is 0 Å². The summed E-state index contributed by atoms with van der Waals surface area (Å²) >= 11 is 0. The van der Waals surface area contributed by atoms with E-state index in [1.165, 1.54) is 22.3 Å². The van der Waals surface area contributed by atoms with E-state index in [-0.39, 0.29) is 0 Å². The van der Waals surface area contributed by atoms with Crippen LogP contribution in [0.5, 0.6) is 0 Å². The average Bonchev–Trinajstić information content (AvgIpc) is 2.93. The molecule has 2 heterocycles. The molecule has 0 bridgehead atoms. The van der Waals surface area contributed by atoms with E-state index < -0.39 is 0 Å². The predicted molar refractivity (Wildman–Crippen MR) is 72.5 cm³/mol. The number of nitrogens with zero attached hydrogens (tertiary/aromatic N) is 1. The summed E-state index contributed by atoms with van der Waals surface area (Å²) in [6.45, 7) is 4.23. The fourth-order valence-corrected chi connectivity index (χ4v) is 2.67. The zero-order valence-corrected chi connectivity index (χ0v) is 10.2. The second-order valence-corrected chi connectivity index (χ2v) is 4.88. The van der Waals surface area contributed by atoms with Crippen LogP contribution in [0.3, 0.4) is 0 Å². The van der Waals surface area contributed by atoms with Gasteiger partial charge in [0.05, 0.1) is 0 Å². The standard InChI is InChI=1S/C14H19N3/c1-2-11-8-12-13(16-11)4-3-5-14(12)17-7-6-10(15)9-17/h3-5,8,10,16H,2,6-7,9,15H2,1H3. The first-order valence-corrected chi connectivity index (χ1v) is 6.39. The fourth-order valence-electron chi connectivity index (χ4n) is 2.67. The van der Waals surface area contributed by atoms with Crippen molar-refractivity contribution < 1.29 is 0 Å². The van der Waals surface area contributed by atoms with E-state index in [0.717, 1.165) is 25.9 Å². The third kappa shape index (κ3) is 1.80. The van der Waals surface area contributed by atoms with Crippen molar-refractivity contribution >= 4 is 16.6 Å². The molecule has 1 aromatic carbocycles. The molecule has 1 fully saturated rings. The summed E-state index contributed by atoms with van der Waals surface area (Å²) in [6, 6.07) is 9.07. The van der Waals surface area contributed by atoms with E-state index in [0.29, 0.717) is 6.04 Å². The van der Waals surface area contributed by atoms with Crippen molar-refractivity contribution in [3.63, 3.8) is 0 Å². The van der Waals surface area contributed by atoms with Crippen molar-refractivity contribution in [1.29, 1.82) is 0 Å². The highest BCUT2D eigenvalue weighted by Crippen LogP contribution is 2.29. The fraction of sp³-hybridized carbons (Fsp3) is 0.429. The maximum absolute atomic E-state index is 5.99. The number of hydrogen-bond acceptors (Lipinski definition) is 2. The minimum atomic E-state index is 0.329. The van der Waals surface area contributed by atoms with Gasteiger partial charge in [-0.3, -0.25) is 0 Å². The zero-order chi connectivity index (χ0) is 11.8. The molecule has 1 saturated heterocycles. The molecule has 3 rings (SSSR count). The average molecular weight is 229 g/mol. The van der Waals surface area contributed by atoms with Crippen LogP contribution in [-0.2, 0) is 6.42 Å². The summed E-state index contributed by atoms with van der Waals surface area (Å²) in [5.41, 5.74) is 9.85. The van der Waals surface area contributed by atoms with Crippen LogP contribution in [-0.4, -0.2) is 24.1 Å². The van der Waals surface area contributed by atoms with Crippen LogP contribution in [0, 0.1) is 0 Å². The van der Waals surface area contributed by atoms with Crippen LogP contribution in [0.4, 0.5) is 5.69 Å². The number of nitrogens with two attached hydrogens (primary N) is 1. The molecule has 1 atom stereocenters. The number of benzene rings is 1. The maximum atomic E-state index is 5.99. The largest absolute Gasteiger partial charge is 0.369 e. The third-order valence-electron chi connectivity index (χ3n) is 3.64. The number of aromatic nitrogens is 1. The molecule has 1 aromatic heterocycles. The third-order valence-corrected chi connectivity index (χ3v) is 3.64. The molecule has 0 saturated carbocycles. The quantitative estimate of drug-likeness (QED) is 0.829. The van der Waals surface area contributed by atoms with E-state index in [9.17, 15) is 0 Å². The van der Waals surface area contributed by atoms with Crippen LogP contribution < -0.4 is 10.6 Å². The van der Waals surface area contributed by atoms with Gasteiger partial charge >= 0.3 is 0 Å². The molecule has 17 heavy (non-hydrogen) atoms. The first kappa shape index (κ1) is 10.7. The predicted octanol–water partition coefficient (Wildman–Crippen LogP) is 2.27. The second kappa shape index (κ2) is 4.08. The molecule has 2 aromatic rings. The number of H-pyrrole nitrogens is 1. The van der Waals surface area contributed by atoms with Gasteiger partial charge in [-0.15, -0.1) is 0 Å². The Morgan fingerprint density at radius 1 is 1.47 bits per heavy atom. The minimum absolute atomic E-state index is 0.329. The molecule has 90 valence electrons. The number of nitrogens with one attached hydrogen (secondary N) is 1. The molecule has 0 spiro atoms. The Kier molecular flexibility index (Phi) is 2.56. The lowest BCUT2D eigenvalue weighted by Gasteiger charge is -2.18. The van der Waals surface area contributed by atoms with Crippen molar-refractivity contribution in [2.24, 2.45) is 5.73 Å². The van der Waals surface area contributed by atoms with Crippen molar-refractivity contribution in [3.8, 4) is 0 Å². The van der Waals surface area contributed by atoms with Crippen LogP contribution in [0.2, 0.25) is 0 Å². The van der Waals surface area contributed by atoms with Gasteiger partial charge in [0.25, 0.3) is 0 Å². The number of hydrogen-bond donors (Lipinski definition) is 2. The number of aryl methyl sites for hydroxylation is 1. The van der Waals surface area contributed by atoms with Crippen LogP contribution >= 0.6 is 0 Å². The Hall–Kier alpha value is -1.48. The second-order valence-electron chi connectivity index (χ2n) is 4.88. The first-order chi connectivity index (χ1) is 8.28. The molecule has 1 unspecified atom stereocenters. The van der Waals surface area contributed by atoms with Gasteiger partial charge in [0, 0.05) is 41.4 Å². The highest BCUT2D eigenvalue weighted by atomic mass is 15.2. The zero-order valence-electron chi connectivity index (χ0n) is 10.2. The smallest absolute Gasteiger partial charge is 0.0477 e. The molecule has 0 amide bonds. The Bertz CT molecular complexity index is 529. The highest BCUT2D eigenvalue weighted by Gasteiger charge is 2.21. The van der Waals surface area contributed by atoms with Crippen molar-refractivity contribution in [1.82, 2.24) is 4.98 Å². The Labute approximate surface area is 102 Å². The molecule has 1 aliphatic rings. The summed E-state index contributed by atoms with van der Waals surface area (Å²) in [6.07, 6.45) is 2.15. The Morgan fingerprint density at radius 2 is 2.35 bits per heavy atom. The molecule has 3 nitrogen and oxygen atoms in total. The number of anilines is 1. The number of aromatic amines is 1. The SMILES string of the molecule is CCc1cc2c(N3CCC(N)C3)cccc2[nH]1. The lowest BCUT2D eigenvalue weighted by Crippen LogP contribution is -2.26. The summed E-state index contributed by atoms with van der Waals surface area (Å²) in [4.78, 5) is 5.87. The van der Waals surface area contributed by atoms with Gasteiger partial charge in [-0.05, 0) is 31.0 Å². The topological polar surface area (TPSA) is 45.0 Å². The monoisotopic (exact) mass is 229 g/mol. The maximum Gasteiger partial charge on any atom is 0.0477 e. The lowest BCUT2D eigenvalue weighted by atomic mass is 10.2. The number of fused-ring (bicyclic) bond motifs is 1. The molecule has 0 aliphatic carbocycles. The van der Waals surface area contributed by atoms with Crippen LogP contribution in [0.15, 0.2) is 24.3 Å². The highest BCUT2D eigenvalue weighted by molar-refractivity contribution is 5.93. The molecule has 3 N–H and O–H groups in total. The van der Waals surface area contributed by atoms with Crippen LogP contribution in [0.25, 0.3) is 10.9 Å². The van der Waals surface area contributed by atoms with Gasteiger partial charge in [-0.25, -0.2) is 0 Å². The van der Waals surface area contributed by atoms with Gasteiger partial charge in [0.15, 0.2) is 0 Å². The molecular formula is C14H19N3. The van der Waals surface area contributed by atoms with Gasteiger partial charge in [0.1, 0.15) is 0 Å². The minimum Gasteiger partial charge on any atom is -0.369 e. The molecular weight excluding hydrogens is 210 g/mol. The lowest BCUT2D eigenvalue weighted by molar-refractivity contribution is 0.752. The van der Waals surface area contributed by atoms with Crippen molar-refractivity contribution in [2.75, 3.05) is 18.0 Å². The van der Waals surface area contributed by atoms with E-state index in [2.05, 4.69) is 41.1 Å².